The summed E-state index contributed by atoms with van der Waals surface area (Å²) in [7, 11) is 2.05. The molecule has 0 spiro atoms. The predicted octanol–water partition coefficient (Wildman–Crippen LogP) is 2.05. The van der Waals surface area contributed by atoms with Gasteiger partial charge in [-0.3, -0.25) is 19.5 Å². The van der Waals surface area contributed by atoms with Crippen LogP contribution in [0.3, 0.4) is 0 Å². The van der Waals surface area contributed by atoms with Gasteiger partial charge in [0.25, 0.3) is 17.7 Å². The minimum atomic E-state index is -0.330. The van der Waals surface area contributed by atoms with Crippen molar-refractivity contribution in [3.8, 4) is 5.75 Å². The molecule has 0 unspecified atom stereocenters. The van der Waals surface area contributed by atoms with Crippen molar-refractivity contribution in [1.82, 2.24) is 29.8 Å². The van der Waals surface area contributed by atoms with E-state index in [9.17, 15) is 19.5 Å². The van der Waals surface area contributed by atoms with Gasteiger partial charge in [-0.15, -0.1) is 0 Å². The number of carbonyl (C=O) groups excluding carboxylic acids is 3. The monoisotopic (exact) mass is 502 g/mol. The third-order valence-corrected chi connectivity index (χ3v) is 7.76. The maximum absolute atomic E-state index is 13.5. The average molecular weight is 503 g/mol. The molecule has 3 aliphatic heterocycles. The molecule has 3 aromatic rings. The first kappa shape index (κ1) is 23.5. The number of piperazine rings is 1. The lowest BCUT2D eigenvalue weighted by Crippen LogP contribution is -2.47. The maximum Gasteiger partial charge on any atom is 0.274 e. The van der Waals surface area contributed by atoms with E-state index in [1.165, 1.54) is 6.07 Å². The fourth-order valence-corrected chi connectivity index (χ4v) is 5.49. The Balaban J connectivity index is 1.22. The summed E-state index contributed by atoms with van der Waals surface area (Å²) in [4.78, 5) is 47.0. The number of aromatic amines is 1. The van der Waals surface area contributed by atoms with Gasteiger partial charge in [0.1, 0.15) is 5.75 Å². The average Bonchev–Trinajstić information content (AvgIpc) is 3.66. The molecule has 2 N–H and O–H groups in total. The van der Waals surface area contributed by atoms with Crippen LogP contribution in [-0.4, -0.2) is 98.9 Å². The lowest BCUT2D eigenvalue weighted by atomic mass is 10.1. The van der Waals surface area contributed by atoms with Gasteiger partial charge in [-0.25, -0.2) is 0 Å². The van der Waals surface area contributed by atoms with Crippen LogP contribution < -0.4 is 0 Å². The Labute approximate surface area is 214 Å². The third kappa shape index (κ3) is 4.21. The molecule has 4 heterocycles. The SMILES string of the molecule is CN1CCN(C(=O)c2ccc3c(c2)CN(C(=O)c2cc4c(C(=O)N5CCCC5)n[nH]c4cc2O)C3)CC1. The standard InChI is InChI=1S/C27H30N6O4/c1-30-8-10-32(11-9-30)25(35)17-4-5-18-15-33(16-19(18)12-17)26(36)21-13-20-22(14-23(21)34)28-29-24(20)27(37)31-6-2-3-7-31/h4-5,12-14,34H,2-3,6-11,15-16H2,1H3,(H,28,29). The second-order valence-corrected chi connectivity index (χ2v) is 10.2. The number of hydrogen-bond donors (Lipinski definition) is 2. The van der Waals surface area contributed by atoms with Crippen LogP contribution in [0.15, 0.2) is 30.3 Å². The highest BCUT2D eigenvalue weighted by Crippen LogP contribution is 2.31. The van der Waals surface area contributed by atoms with Crippen LogP contribution in [0.4, 0.5) is 0 Å². The molecule has 37 heavy (non-hydrogen) atoms. The van der Waals surface area contributed by atoms with E-state index < -0.39 is 0 Å². The Hall–Kier alpha value is -3.92. The summed E-state index contributed by atoms with van der Waals surface area (Å²) in [6.45, 7) is 5.25. The second kappa shape index (κ2) is 9.19. The molecule has 2 saturated heterocycles. The van der Waals surface area contributed by atoms with Crippen LogP contribution in [-0.2, 0) is 13.1 Å². The molecule has 1 aromatic heterocycles. The molecule has 2 fully saturated rings. The van der Waals surface area contributed by atoms with Gasteiger partial charge in [0.2, 0.25) is 0 Å². The van der Waals surface area contributed by atoms with Gasteiger partial charge in [-0.05, 0) is 49.2 Å². The summed E-state index contributed by atoms with van der Waals surface area (Å²) >= 11 is 0. The van der Waals surface area contributed by atoms with E-state index in [1.807, 2.05) is 23.1 Å². The molecule has 0 atom stereocenters. The normalized spacial score (nSPS) is 18.0. The number of carbonyl (C=O) groups is 3. The van der Waals surface area contributed by atoms with Crippen LogP contribution in [0.1, 0.15) is 55.2 Å². The fraction of sp³-hybridized carbons (Fsp3) is 0.407. The van der Waals surface area contributed by atoms with Crippen molar-refractivity contribution in [1.29, 1.82) is 0 Å². The molecule has 0 radical (unpaired) electrons. The van der Waals surface area contributed by atoms with Crippen molar-refractivity contribution in [2.75, 3.05) is 46.3 Å². The lowest BCUT2D eigenvalue weighted by molar-refractivity contribution is 0.0663. The number of nitrogens with one attached hydrogen (secondary N) is 1. The number of aromatic hydroxyl groups is 1. The van der Waals surface area contributed by atoms with Crippen LogP contribution in [0.2, 0.25) is 0 Å². The lowest BCUT2D eigenvalue weighted by Gasteiger charge is -2.32. The highest BCUT2D eigenvalue weighted by molar-refractivity contribution is 6.08. The second-order valence-electron chi connectivity index (χ2n) is 10.2. The molecule has 3 aliphatic rings. The minimum Gasteiger partial charge on any atom is -0.507 e. The number of H-pyrrole nitrogens is 1. The van der Waals surface area contributed by atoms with E-state index >= 15 is 0 Å². The predicted molar refractivity (Wildman–Crippen MR) is 136 cm³/mol. The molecule has 10 heteroatoms. The summed E-state index contributed by atoms with van der Waals surface area (Å²) in [5.41, 5.74) is 3.45. The van der Waals surface area contributed by atoms with E-state index in [2.05, 4.69) is 22.1 Å². The largest absolute Gasteiger partial charge is 0.507 e. The van der Waals surface area contributed by atoms with Crippen molar-refractivity contribution < 1.29 is 19.5 Å². The number of rotatable bonds is 3. The van der Waals surface area contributed by atoms with Gasteiger partial charge in [0.05, 0.1) is 11.1 Å². The summed E-state index contributed by atoms with van der Waals surface area (Å²) in [5.74, 6) is -0.649. The molecule has 2 aromatic carbocycles. The number of likely N-dealkylation sites (N-methyl/N-ethyl adjacent to an activating group) is 1. The first-order valence-electron chi connectivity index (χ1n) is 12.8. The van der Waals surface area contributed by atoms with Crippen LogP contribution in [0, 0.1) is 0 Å². The molecule has 0 bridgehead atoms. The van der Waals surface area contributed by atoms with Gasteiger partial charge < -0.3 is 24.7 Å². The first-order chi connectivity index (χ1) is 17.9. The van der Waals surface area contributed by atoms with Crippen molar-refractivity contribution in [3.63, 3.8) is 0 Å². The minimum absolute atomic E-state index is 0.0129. The first-order valence-corrected chi connectivity index (χ1v) is 12.8. The number of nitrogens with zero attached hydrogens (tertiary/aromatic N) is 5. The Morgan fingerprint density at radius 2 is 1.51 bits per heavy atom. The number of fused-ring (bicyclic) bond motifs is 2. The molecule has 10 nitrogen and oxygen atoms in total. The summed E-state index contributed by atoms with van der Waals surface area (Å²) in [5, 5.41) is 18.2. The van der Waals surface area contributed by atoms with E-state index in [1.54, 1.807) is 15.9 Å². The quantitative estimate of drug-likeness (QED) is 0.567. The molecule has 192 valence electrons. The Kier molecular flexibility index (Phi) is 5.83. The van der Waals surface area contributed by atoms with Crippen LogP contribution in [0.5, 0.6) is 5.75 Å². The summed E-state index contributed by atoms with van der Waals surface area (Å²) < 4.78 is 0. The molecule has 6 rings (SSSR count). The molecule has 0 aliphatic carbocycles. The van der Waals surface area contributed by atoms with Crippen molar-refractivity contribution in [2.45, 2.75) is 25.9 Å². The number of aromatic nitrogens is 2. The zero-order chi connectivity index (χ0) is 25.7. The third-order valence-electron chi connectivity index (χ3n) is 7.76. The zero-order valence-corrected chi connectivity index (χ0v) is 20.9. The number of hydrogen-bond acceptors (Lipinski definition) is 6. The molecule has 0 saturated carbocycles. The smallest absolute Gasteiger partial charge is 0.274 e. The molecular weight excluding hydrogens is 472 g/mol. The molecular formula is C27H30N6O4. The number of phenols is 1. The van der Waals surface area contributed by atoms with Gasteiger partial charge in [0, 0.05) is 69.4 Å². The van der Waals surface area contributed by atoms with E-state index in [0.29, 0.717) is 55.7 Å². The topological polar surface area (TPSA) is 113 Å². The zero-order valence-electron chi connectivity index (χ0n) is 20.9. The number of phenolic OH excluding ortho intramolecular Hbond substituents is 1. The van der Waals surface area contributed by atoms with E-state index in [-0.39, 0.29) is 34.7 Å². The number of amides is 3. The van der Waals surface area contributed by atoms with Gasteiger partial charge in [-0.2, -0.15) is 5.10 Å². The van der Waals surface area contributed by atoms with E-state index in [4.69, 9.17) is 0 Å². The number of likely N-dealkylation sites (tertiary alicyclic amines) is 1. The highest BCUT2D eigenvalue weighted by atomic mass is 16.3. The molecule has 3 amide bonds. The maximum atomic E-state index is 13.5. The highest BCUT2D eigenvalue weighted by Gasteiger charge is 2.30. The van der Waals surface area contributed by atoms with Crippen LogP contribution in [0.25, 0.3) is 10.9 Å². The summed E-state index contributed by atoms with van der Waals surface area (Å²) in [6, 6.07) is 8.64. The fourth-order valence-electron chi connectivity index (χ4n) is 5.49. The Morgan fingerprint density at radius 1 is 0.811 bits per heavy atom. The van der Waals surface area contributed by atoms with Gasteiger partial charge in [-0.1, -0.05) is 6.07 Å². The van der Waals surface area contributed by atoms with E-state index in [0.717, 1.165) is 37.1 Å². The number of benzene rings is 2. The van der Waals surface area contributed by atoms with Gasteiger partial charge in [0.15, 0.2) is 5.69 Å². The Bertz CT molecular complexity index is 1400. The van der Waals surface area contributed by atoms with Crippen LogP contribution >= 0.6 is 0 Å². The van der Waals surface area contributed by atoms with Gasteiger partial charge >= 0.3 is 0 Å². The van der Waals surface area contributed by atoms with Crippen molar-refractivity contribution >= 4 is 28.6 Å². The van der Waals surface area contributed by atoms with Crippen molar-refractivity contribution in [2.24, 2.45) is 0 Å². The summed E-state index contributed by atoms with van der Waals surface area (Å²) in [6.07, 6.45) is 1.94. The Morgan fingerprint density at radius 3 is 2.27 bits per heavy atom. The van der Waals surface area contributed by atoms with Crippen molar-refractivity contribution in [3.05, 3.63) is 58.3 Å².